The summed E-state index contributed by atoms with van der Waals surface area (Å²) in [6.45, 7) is 13.2. The largest absolute Gasteiger partial charge is 0.391 e. The van der Waals surface area contributed by atoms with Gasteiger partial charge in [0, 0.05) is 19.5 Å². The number of oxime groups is 1. The molecule has 4 amide bonds. The minimum Gasteiger partial charge on any atom is -0.391 e. The molecule has 3 aromatic carbocycles. The molecule has 3 aromatic rings. The highest BCUT2D eigenvalue weighted by molar-refractivity contribution is 6.01. The molecule has 0 saturated carbocycles. The maximum atomic E-state index is 14.5. The van der Waals surface area contributed by atoms with Crippen molar-refractivity contribution >= 4 is 29.3 Å². The number of amides is 4. The van der Waals surface area contributed by atoms with Crippen LogP contribution in [0.5, 0.6) is 0 Å². The Labute approximate surface area is 355 Å². The van der Waals surface area contributed by atoms with E-state index < -0.39 is 47.5 Å². The van der Waals surface area contributed by atoms with Crippen molar-refractivity contribution in [1.82, 2.24) is 26.2 Å². The summed E-state index contributed by atoms with van der Waals surface area (Å²) in [4.78, 5) is 64.2. The normalized spacial score (nSPS) is 18.8. The van der Waals surface area contributed by atoms with Gasteiger partial charge in [0.25, 0.3) is 0 Å². The number of aryl methyl sites for hydroxylation is 1. The standard InChI is InChI=1S/C47H64N6O7/c1-33(2)27-39(43(47(5)32-59-47)52-60-31-37-19-13-8-14-20-37)49-46(57)41(29-36-17-11-7-12-18-36)51-45(56)40(28-34(3)4)50-44(55)38(22-21-35-15-9-6-10-16-35)48-42(54)30-53-23-25-58-26-24-53/h6-20,33-34,38-41H,21-32H2,1-5H3,(H,48,54)(H,49,57)(H,50,55)(H,51,56)/b52-43-/t38-,39-,40?,41-,47+/m0/s1. The Morgan fingerprint density at radius 1 is 0.683 bits per heavy atom. The van der Waals surface area contributed by atoms with Gasteiger partial charge in [-0.2, -0.15) is 0 Å². The van der Waals surface area contributed by atoms with E-state index in [4.69, 9.17) is 14.3 Å². The van der Waals surface area contributed by atoms with Crippen molar-refractivity contribution in [2.24, 2.45) is 17.0 Å². The third kappa shape index (κ3) is 15.2. The van der Waals surface area contributed by atoms with E-state index in [1.165, 1.54) is 0 Å². The van der Waals surface area contributed by atoms with Gasteiger partial charge < -0.3 is 35.6 Å². The van der Waals surface area contributed by atoms with E-state index in [2.05, 4.69) is 40.3 Å². The Morgan fingerprint density at radius 2 is 1.18 bits per heavy atom. The maximum absolute atomic E-state index is 14.5. The number of ether oxygens (including phenoxy) is 2. The Bertz CT molecular complexity index is 1830. The molecule has 0 aromatic heterocycles. The highest BCUT2D eigenvalue weighted by atomic mass is 16.6. The first kappa shape index (κ1) is 46.0. The molecule has 13 nitrogen and oxygen atoms in total. The number of epoxide rings is 1. The maximum Gasteiger partial charge on any atom is 0.243 e. The van der Waals surface area contributed by atoms with Gasteiger partial charge >= 0.3 is 0 Å². The summed E-state index contributed by atoms with van der Waals surface area (Å²) in [6.07, 6.45) is 1.95. The zero-order valence-corrected chi connectivity index (χ0v) is 35.9. The molecule has 2 fully saturated rings. The zero-order chi connectivity index (χ0) is 42.9. The number of hydrogen-bond acceptors (Lipinski definition) is 9. The molecule has 0 radical (unpaired) electrons. The van der Waals surface area contributed by atoms with Crippen LogP contribution in [0.1, 0.15) is 70.6 Å². The van der Waals surface area contributed by atoms with Gasteiger partial charge in [-0.15, -0.1) is 0 Å². The van der Waals surface area contributed by atoms with Crippen LogP contribution in [0, 0.1) is 11.8 Å². The number of morpholine rings is 1. The predicted molar refractivity (Wildman–Crippen MR) is 232 cm³/mol. The Hall–Kier alpha value is -5.11. The monoisotopic (exact) mass is 824 g/mol. The molecule has 13 heteroatoms. The fraction of sp³-hybridized carbons (Fsp3) is 0.511. The highest BCUT2D eigenvalue weighted by Gasteiger charge is 2.49. The lowest BCUT2D eigenvalue weighted by molar-refractivity contribution is -0.134. The molecule has 2 aliphatic heterocycles. The first-order valence-electron chi connectivity index (χ1n) is 21.3. The van der Waals surface area contributed by atoms with Crippen molar-refractivity contribution in [2.45, 2.75) is 103 Å². The molecule has 5 atom stereocenters. The van der Waals surface area contributed by atoms with Gasteiger partial charge in [-0.05, 0) is 61.1 Å². The van der Waals surface area contributed by atoms with Crippen LogP contribution in [0.2, 0.25) is 0 Å². The molecule has 4 N–H and O–H groups in total. The molecule has 0 bridgehead atoms. The zero-order valence-electron chi connectivity index (χ0n) is 35.9. The first-order chi connectivity index (χ1) is 28.9. The number of rotatable bonds is 23. The number of nitrogens with one attached hydrogen (secondary N) is 4. The van der Waals surface area contributed by atoms with Crippen LogP contribution in [0.4, 0.5) is 0 Å². The second-order valence-electron chi connectivity index (χ2n) is 16.9. The quantitative estimate of drug-likeness (QED) is 0.0614. The second-order valence-corrected chi connectivity index (χ2v) is 16.9. The van der Waals surface area contributed by atoms with Gasteiger partial charge in [-0.1, -0.05) is 124 Å². The number of carbonyl (C=O) groups is 4. The van der Waals surface area contributed by atoms with E-state index in [0.29, 0.717) is 64.3 Å². The summed E-state index contributed by atoms with van der Waals surface area (Å²) >= 11 is 0. The average molecular weight is 825 g/mol. The highest BCUT2D eigenvalue weighted by Crippen LogP contribution is 2.31. The van der Waals surface area contributed by atoms with E-state index >= 15 is 0 Å². The second kappa shape index (κ2) is 23.0. The van der Waals surface area contributed by atoms with Gasteiger partial charge in [0.1, 0.15) is 36.0 Å². The third-order valence-electron chi connectivity index (χ3n) is 10.7. The first-order valence-corrected chi connectivity index (χ1v) is 21.3. The number of nitrogens with zero attached hydrogens (tertiary/aromatic N) is 2. The van der Waals surface area contributed by atoms with Crippen molar-refractivity contribution in [1.29, 1.82) is 0 Å². The molecule has 2 saturated heterocycles. The van der Waals surface area contributed by atoms with Gasteiger partial charge in [0.15, 0.2) is 0 Å². The fourth-order valence-electron chi connectivity index (χ4n) is 7.25. The van der Waals surface area contributed by atoms with Crippen LogP contribution >= 0.6 is 0 Å². The van der Waals surface area contributed by atoms with Crippen molar-refractivity contribution in [3.05, 3.63) is 108 Å². The smallest absolute Gasteiger partial charge is 0.243 e. The van der Waals surface area contributed by atoms with Crippen molar-refractivity contribution in [3.63, 3.8) is 0 Å². The summed E-state index contributed by atoms with van der Waals surface area (Å²) in [5.74, 6) is -1.43. The lowest BCUT2D eigenvalue weighted by Gasteiger charge is -2.29. The van der Waals surface area contributed by atoms with Crippen LogP contribution in [0.15, 0.2) is 96.2 Å². The van der Waals surface area contributed by atoms with Crippen LogP contribution in [-0.4, -0.2) is 103 Å². The molecule has 2 heterocycles. The van der Waals surface area contributed by atoms with Crippen LogP contribution in [-0.2, 0) is 52.9 Å². The Morgan fingerprint density at radius 3 is 1.77 bits per heavy atom. The molecular weight excluding hydrogens is 761 g/mol. The summed E-state index contributed by atoms with van der Waals surface area (Å²) in [7, 11) is 0. The number of hydrogen-bond donors (Lipinski definition) is 4. The van der Waals surface area contributed by atoms with Crippen LogP contribution < -0.4 is 21.3 Å². The third-order valence-corrected chi connectivity index (χ3v) is 10.7. The van der Waals surface area contributed by atoms with Crippen molar-refractivity contribution in [3.8, 4) is 0 Å². The molecular formula is C47H64N6O7. The fourth-order valence-corrected chi connectivity index (χ4v) is 7.25. The van der Waals surface area contributed by atoms with Gasteiger partial charge in [0.05, 0.1) is 32.4 Å². The van der Waals surface area contributed by atoms with Gasteiger partial charge in [-0.3, -0.25) is 24.1 Å². The number of carbonyl (C=O) groups excluding carboxylic acids is 4. The molecule has 5 rings (SSSR count). The van der Waals surface area contributed by atoms with Crippen LogP contribution in [0.3, 0.4) is 0 Å². The molecule has 0 aliphatic carbocycles. The van der Waals surface area contributed by atoms with E-state index in [0.717, 1.165) is 16.7 Å². The van der Waals surface area contributed by atoms with Crippen molar-refractivity contribution < 1.29 is 33.5 Å². The summed E-state index contributed by atoms with van der Waals surface area (Å²) < 4.78 is 11.3. The summed E-state index contributed by atoms with van der Waals surface area (Å²) in [6, 6.07) is 25.5. The summed E-state index contributed by atoms with van der Waals surface area (Å²) in [5.41, 5.74) is 2.71. The minimum absolute atomic E-state index is 0.0190. The van der Waals surface area contributed by atoms with E-state index in [1.54, 1.807) is 0 Å². The summed E-state index contributed by atoms with van der Waals surface area (Å²) in [5, 5.41) is 16.7. The lowest BCUT2D eigenvalue weighted by atomic mass is 9.92. The van der Waals surface area contributed by atoms with E-state index in [-0.39, 0.29) is 37.3 Å². The molecule has 0 spiro atoms. The molecule has 60 heavy (non-hydrogen) atoms. The Kier molecular flexibility index (Phi) is 17.6. The molecule has 1 unspecified atom stereocenters. The average Bonchev–Trinajstić information content (AvgIpc) is 3.98. The predicted octanol–water partition coefficient (Wildman–Crippen LogP) is 4.59. The lowest BCUT2D eigenvalue weighted by Crippen LogP contribution is -2.59. The molecule has 324 valence electrons. The van der Waals surface area contributed by atoms with E-state index in [9.17, 15) is 19.2 Å². The SMILES string of the molecule is CC(C)CC(NC(=O)[C@H](CCc1ccccc1)NC(=O)CN1CCOCC1)C(=O)N[C@@H](Cc1ccccc1)C(=O)N[C@@H](CC(C)C)/C(=N/OCc1ccccc1)[C@@]1(C)CO1. The topological polar surface area (TPSA) is 163 Å². The van der Waals surface area contributed by atoms with E-state index in [1.807, 2.05) is 117 Å². The van der Waals surface area contributed by atoms with Crippen LogP contribution in [0.25, 0.3) is 0 Å². The van der Waals surface area contributed by atoms with Crippen molar-refractivity contribution in [2.75, 3.05) is 39.5 Å². The van der Waals surface area contributed by atoms with Gasteiger partial charge in [0.2, 0.25) is 23.6 Å². The number of benzene rings is 3. The minimum atomic E-state index is -0.998. The molecule has 2 aliphatic rings. The van der Waals surface area contributed by atoms with Gasteiger partial charge in [-0.25, -0.2) is 0 Å². The Balaban J connectivity index is 1.34.